The molecule has 1 aliphatic heterocycles. The standard InChI is InChI=1S/C12H20N4OS/c1-2-13-11(17)15-8-10-4-3-6-16(9-10)12-14-5-7-18-12/h5,7,10H,2-4,6,8-9H2,1H3,(H2,13,15,17). The smallest absolute Gasteiger partial charge is 0.314 e. The van der Waals surface area contributed by atoms with Gasteiger partial charge in [-0.2, -0.15) is 0 Å². The van der Waals surface area contributed by atoms with Crippen LogP contribution in [-0.4, -0.2) is 37.2 Å². The summed E-state index contributed by atoms with van der Waals surface area (Å²) >= 11 is 1.68. The lowest BCUT2D eigenvalue weighted by Crippen LogP contribution is -2.43. The minimum Gasteiger partial charge on any atom is -0.348 e. The highest BCUT2D eigenvalue weighted by Crippen LogP contribution is 2.24. The Morgan fingerprint density at radius 2 is 2.50 bits per heavy atom. The highest BCUT2D eigenvalue weighted by molar-refractivity contribution is 7.13. The van der Waals surface area contributed by atoms with Crippen molar-refractivity contribution in [1.82, 2.24) is 15.6 Å². The third kappa shape index (κ3) is 3.60. The number of thiazole rings is 1. The Morgan fingerprint density at radius 1 is 1.61 bits per heavy atom. The molecule has 1 atom stereocenters. The summed E-state index contributed by atoms with van der Waals surface area (Å²) in [6.45, 7) is 5.39. The minimum atomic E-state index is -0.0659. The minimum absolute atomic E-state index is 0.0659. The Hall–Kier alpha value is -1.30. The number of hydrogen-bond acceptors (Lipinski definition) is 4. The second-order valence-electron chi connectivity index (χ2n) is 4.51. The molecule has 1 aliphatic rings. The van der Waals surface area contributed by atoms with Gasteiger partial charge in [0.05, 0.1) is 0 Å². The average molecular weight is 268 g/mol. The van der Waals surface area contributed by atoms with Gasteiger partial charge in [0.2, 0.25) is 0 Å². The van der Waals surface area contributed by atoms with Gasteiger partial charge in [-0.1, -0.05) is 0 Å². The number of hydrogen-bond donors (Lipinski definition) is 2. The zero-order valence-electron chi connectivity index (χ0n) is 10.7. The van der Waals surface area contributed by atoms with E-state index in [0.717, 1.165) is 24.8 Å². The fraction of sp³-hybridized carbons (Fsp3) is 0.667. The van der Waals surface area contributed by atoms with E-state index in [1.807, 2.05) is 18.5 Å². The summed E-state index contributed by atoms with van der Waals surface area (Å²) in [6, 6.07) is -0.0659. The molecule has 0 aromatic carbocycles. The van der Waals surface area contributed by atoms with Crippen molar-refractivity contribution in [2.75, 3.05) is 31.1 Å². The van der Waals surface area contributed by atoms with Crippen molar-refractivity contribution in [3.05, 3.63) is 11.6 Å². The second kappa shape index (κ2) is 6.58. The number of anilines is 1. The highest BCUT2D eigenvalue weighted by atomic mass is 32.1. The molecule has 1 unspecified atom stereocenters. The van der Waals surface area contributed by atoms with Crippen LogP contribution < -0.4 is 15.5 Å². The van der Waals surface area contributed by atoms with Crippen molar-refractivity contribution in [3.8, 4) is 0 Å². The number of piperidine rings is 1. The first-order valence-corrected chi connectivity index (χ1v) is 7.33. The van der Waals surface area contributed by atoms with Gasteiger partial charge in [-0.3, -0.25) is 0 Å². The maximum absolute atomic E-state index is 11.3. The lowest BCUT2D eigenvalue weighted by molar-refractivity contribution is 0.238. The number of rotatable bonds is 4. The van der Waals surface area contributed by atoms with Gasteiger partial charge < -0.3 is 15.5 Å². The lowest BCUT2D eigenvalue weighted by Gasteiger charge is -2.32. The molecule has 5 nitrogen and oxygen atoms in total. The Balaban J connectivity index is 1.78. The normalized spacial score (nSPS) is 19.6. The van der Waals surface area contributed by atoms with Crippen LogP contribution in [0.1, 0.15) is 19.8 Å². The van der Waals surface area contributed by atoms with E-state index in [4.69, 9.17) is 0 Å². The predicted octanol–water partition coefficient (Wildman–Crippen LogP) is 1.68. The van der Waals surface area contributed by atoms with Crippen LogP contribution in [0.5, 0.6) is 0 Å². The van der Waals surface area contributed by atoms with Gasteiger partial charge >= 0.3 is 6.03 Å². The fourth-order valence-corrected chi connectivity index (χ4v) is 2.92. The second-order valence-corrected chi connectivity index (χ2v) is 5.38. The van der Waals surface area contributed by atoms with Gasteiger partial charge in [-0.15, -0.1) is 11.3 Å². The number of carbonyl (C=O) groups excluding carboxylic acids is 1. The van der Waals surface area contributed by atoms with Crippen LogP contribution in [0.3, 0.4) is 0 Å². The number of nitrogens with one attached hydrogen (secondary N) is 2. The van der Waals surface area contributed by atoms with Crippen molar-refractivity contribution in [3.63, 3.8) is 0 Å². The van der Waals surface area contributed by atoms with Gasteiger partial charge in [-0.05, 0) is 25.7 Å². The maximum atomic E-state index is 11.3. The highest BCUT2D eigenvalue weighted by Gasteiger charge is 2.21. The van der Waals surface area contributed by atoms with E-state index in [1.54, 1.807) is 11.3 Å². The molecule has 6 heteroatoms. The van der Waals surface area contributed by atoms with E-state index in [9.17, 15) is 4.79 Å². The van der Waals surface area contributed by atoms with Gasteiger partial charge in [-0.25, -0.2) is 9.78 Å². The Labute approximate surface area is 112 Å². The van der Waals surface area contributed by atoms with E-state index >= 15 is 0 Å². The summed E-state index contributed by atoms with van der Waals surface area (Å²) in [4.78, 5) is 18.0. The maximum Gasteiger partial charge on any atom is 0.314 e. The van der Waals surface area contributed by atoms with Gasteiger partial charge in [0.15, 0.2) is 5.13 Å². The van der Waals surface area contributed by atoms with Crippen LogP contribution in [0.2, 0.25) is 0 Å². The monoisotopic (exact) mass is 268 g/mol. The molecule has 2 amide bonds. The molecule has 0 radical (unpaired) electrons. The van der Waals surface area contributed by atoms with Gasteiger partial charge in [0.25, 0.3) is 0 Å². The van der Waals surface area contributed by atoms with Crippen LogP contribution in [0.4, 0.5) is 9.93 Å². The van der Waals surface area contributed by atoms with Crippen molar-refractivity contribution in [1.29, 1.82) is 0 Å². The zero-order chi connectivity index (χ0) is 12.8. The molecule has 0 saturated carbocycles. The molecule has 1 aromatic rings. The molecular weight excluding hydrogens is 248 g/mol. The van der Waals surface area contributed by atoms with E-state index in [1.165, 1.54) is 12.8 Å². The van der Waals surface area contributed by atoms with Crippen LogP contribution in [0, 0.1) is 5.92 Å². The van der Waals surface area contributed by atoms with Gasteiger partial charge in [0.1, 0.15) is 0 Å². The number of amides is 2. The van der Waals surface area contributed by atoms with E-state index in [2.05, 4.69) is 20.5 Å². The number of carbonyl (C=O) groups is 1. The number of nitrogens with zero attached hydrogens (tertiary/aromatic N) is 2. The van der Waals surface area contributed by atoms with Crippen LogP contribution in [0.15, 0.2) is 11.6 Å². The van der Waals surface area contributed by atoms with E-state index in [0.29, 0.717) is 12.5 Å². The van der Waals surface area contributed by atoms with Gasteiger partial charge in [0, 0.05) is 37.8 Å². The zero-order valence-corrected chi connectivity index (χ0v) is 11.5. The molecule has 100 valence electrons. The molecule has 1 fully saturated rings. The van der Waals surface area contributed by atoms with Crippen molar-refractivity contribution < 1.29 is 4.79 Å². The van der Waals surface area contributed by atoms with Crippen molar-refractivity contribution >= 4 is 22.5 Å². The summed E-state index contributed by atoms with van der Waals surface area (Å²) in [5, 5.41) is 8.78. The first kappa shape index (κ1) is 13.1. The predicted molar refractivity (Wildman–Crippen MR) is 74.1 cm³/mol. The first-order valence-electron chi connectivity index (χ1n) is 6.45. The van der Waals surface area contributed by atoms with E-state index < -0.39 is 0 Å². The fourth-order valence-electron chi connectivity index (χ4n) is 2.24. The van der Waals surface area contributed by atoms with Crippen LogP contribution >= 0.6 is 11.3 Å². The molecule has 2 N–H and O–H groups in total. The number of aromatic nitrogens is 1. The Bertz CT molecular complexity index is 368. The summed E-state index contributed by atoms with van der Waals surface area (Å²) in [6.07, 6.45) is 4.19. The third-order valence-electron chi connectivity index (χ3n) is 3.10. The summed E-state index contributed by atoms with van der Waals surface area (Å²) in [5.74, 6) is 0.519. The summed E-state index contributed by atoms with van der Waals surface area (Å²) < 4.78 is 0. The largest absolute Gasteiger partial charge is 0.348 e. The average Bonchev–Trinajstić information content (AvgIpc) is 2.91. The summed E-state index contributed by atoms with van der Waals surface area (Å²) in [7, 11) is 0. The molecule has 0 bridgehead atoms. The van der Waals surface area contributed by atoms with Crippen LogP contribution in [-0.2, 0) is 0 Å². The lowest BCUT2D eigenvalue weighted by atomic mass is 9.98. The molecule has 18 heavy (non-hydrogen) atoms. The van der Waals surface area contributed by atoms with Crippen molar-refractivity contribution in [2.45, 2.75) is 19.8 Å². The summed E-state index contributed by atoms with van der Waals surface area (Å²) in [5.41, 5.74) is 0. The topological polar surface area (TPSA) is 57.3 Å². The molecule has 0 spiro atoms. The molecular formula is C12H20N4OS. The molecule has 2 rings (SSSR count). The van der Waals surface area contributed by atoms with Crippen molar-refractivity contribution in [2.24, 2.45) is 5.92 Å². The van der Waals surface area contributed by atoms with Crippen LogP contribution in [0.25, 0.3) is 0 Å². The quantitative estimate of drug-likeness (QED) is 0.873. The molecule has 0 aliphatic carbocycles. The number of urea groups is 1. The molecule has 2 heterocycles. The SMILES string of the molecule is CCNC(=O)NCC1CCCN(c2nccs2)C1. The Morgan fingerprint density at radius 3 is 3.22 bits per heavy atom. The van der Waals surface area contributed by atoms with E-state index in [-0.39, 0.29) is 6.03 Å². The first-order chi connectivity index (χ1) is 8.79. The molecule has 1 saturated heterocycles. The Kier molecular flexibility index (Phi) is 4.81. The third-order valence-corrected chi connectivity index (χ3v) is 3.93. The molecule has 1 aromatic heterocycles.